The topological polar surface area (TPSA) is 41.6 Å². The number of nitrogens with zero attached hydrogens (tertiary/aromatic N) is 1. The number of ether oxygens (including phenoxy) is 1. The molecule has 1 aliphatic heterocycles. The number of hydrogen-bond acceptors (Lipinski definition) is 3. The van der Waals surface area contributed by atoms with Gasteiger partial charge in [0.15, 0.2) is 0 Å². The van der Waals surface area contributed by atoms with Crippen LogP contribution in [0.25, 0.3) is 5.57 Å². The van der Waals surface area contributed by atoms with Crippen LogP contribution >= 0.6 is 0 Å². The molecule has 114 valence electrons. The summed E-state index contributed by atoms with van der Waals surface area (Å²) in [7, 11) is 3.60. The van der Waals surface area contributed by atoms with E-state index >= 15 is 0 Å². The van der Waals surface area contributed by atoms with E-state index in [1.165, 1.54) is 0 Å². The van der Waals surface area contributed by atoms with Gasteiger partial charge < -0.3 is 15.0 Å². The number of methoxy groups -OCH3 is 1. The molecule has 1 atom stereocenters. The molecular weight excluding hydrogens is 264 g/mol. The van der Waals surface area contributed by atoms with E-state index in [-0.39, 0.29) is 5.91 Å². The van der Waals surface area contributed by atoms with E-state index in [9.17, 15) is 4.79 Å². The summed E-state index contributed by atoms with van der Waals surface area (Å²) in [6, 6.07) is 8.19. The maximum absolute atomic E-state index is 12.4. The molecule has 4 heteroatoms. The molecule has 0 spiro atoms. The maximum Gasteiger partial charge on any atom is 0.246 e. The first-order valence-electron chi connectivity index (χ1n) is 7.43. The minimum absolute atomic E-state index is 0.100. The van der Waals surface area contributed by atoms with Crippen LogP contribution in [0.15, 0.2) is 30.3 Å². The second kappa shape index (κ2) is 7.27. The number of likely N-dealkylation sites (tertiary alicyclic amines) is 1. The van der Waals surface area contributed by atoms with Crippen molar-refractivity contribution in [2.45, 2.75) is 25.8 Å². The highest BCUT2D eigenvalue weighted by molar-refractivity contribution is 5.95. The molecule has 0 radical (unpaired) electrons. The minimum atomic E-state index is 0.100. The molecule has 1 aromatic rings. The lowest BCUT2D eigenvalue weighted by molar-refractivity contribution is -0.127. The highest BCUT2D eigenvalue weighted by Crippen LogP contribution is 2.19. The summed E-state index contributed by atoms with van der Waals surface area (Å²) in [6.45, 7) is 3.62. The molecule has 1 aliphatic rings. The second-order valence-corrected chi connectivity index (χ2v) is 5.47. The lowest BCUT2D eigenvalue weighted by Crippen LogP contribution is -2.46. The fourth-order valence-electron chi connectivity index (χ4n) is 2.63. The highest BCUT2D eigenvalue weighted by atomic mass is 16.5. The van der Waals surface area contributed by atoms with Crippen LogP contribution in [0.2, 0.25) is 0 Å². The van der Waals surface area contributed by atoms with Gasteiger partial charge in [0.2, 0.25) is 5.91 Å². The first-order chi connectivity index (χ1) is 10.1. The number of likely N-dealkylation sites (N-methyl/N-ethyl adjacent to an activating group) is 1. The monoisotopic (exact) mass is 288 g/mol. The molecule has 1 saturated heterocycles. The third-order valence-corrected chi connectivity index (χ3v) is 4.03. The molecule has 1 unspecified atom stereocenters. The number of amides is 1. The average molecular weight is 288 g/mol. The van der Waals surface area contributed by atoms with E-state index in [2.05, 4.69) is 5.32 Å². The van der Waals surface area contributed by atoms with Crippen molar-refractivity contribution in [2.24, 2.45) is 0 Å². The summed E-state index contributed by atoms with van der Waals surface area (Å²) in [5.74, 6) is 0.925. The van der Waals surface area contributed by atoms with Gasteiger partial charge in [0.1, 0.15) is 5.75 Å². The zero-order valence-corrected chi connectivity index (χ0v) is 13.1. The van der Waals surface area contributed by atoms with Gasteiger partial charge in [-0.3, -0.25) is 4.79 Å². The second-order valence-electron chi connectivity index (χ2n) is 5.47. The quantitative estimate of drug-likeness (QED) is 0.865. The van der Waals surface area contributed by atoms with Crippen LogP contribution in [0.3, 0.4) is 0 Å². The first kappa shape index (κ1) is 15.6. The number of hydrogen-bond donors (Lipinski definition) is 1. The highest BCUT2D eigenvalue weighted by Gasteiger charge is 2.21. The zero-order chi connectivity index (χ0) is 15.2. The van der Waals surface area contributed by atoms with Crippen LogP contribution in [0.5, 0.6) is 5.75 Å². The third kappa shape index (κ3) is 4.08. The van der Waals surface area contributed by atoms with Crippen molar-refractivity contribution >= 4 is 11.5 Å². The van der Waals surface area contributed by atoms with Gasteiger partial charge in [-0.05, 0) is 50.1 Å². The molecule has 2 rings (SSSR count). The third-order valence-electron chi connectivity index (χ3n) is 4.03. The van der Waals surface area contributed by atoms with Crippen molar-refractivity contribution in [3.8, 4) is 5.75 Å². The normalized spacial score (nSPS) is 19.5. The SMILES string of the molecule is CNC1CCCN(C(=O)/C=C(\C)c2ccc(OC)cc2)C1. The Hall–Kier alpha value is -1.81. The molecule has 1 fully saturated rings. The predicted molar refractivity (Wildman–Crippen MR) is 85.3 cm³/mol. The van der Waals surface area contributed by atoms with Crippen molar-refractivity contribution in [1.29, 1.82) is 0 Å². The van der Waals surface area contributed by atoms with Crippen LogP contribution in [0.1, 0.15) is 25.3 Å². The minimum Gasteiger partial charge on any atom is -0.497 e. The van der Waals surface area contributed by atoms with Gasteiger partial charge in [0.25, 0.3) is 0 Å². The van der Waals surface area contributed by atoms with Crippen LogP contribution in [0, 0.1) is 0 Å². The molecule has 1 amide bonds. The predicted octanol–water partition coefficient (Wildman–Crippen LogP) is 2.31. The zero-order valence-electron chi connectivity index (χ0n) is 13.1. The van der Waals surface area contributed by atoms with E-state index in [0.29, 0.717) is 6.04 Å². The van der Waals surface area contributed by atoms with Gasteiger partial charge in [-0.1, -0.05) is 12.1 Å². The molecule has 1 aromatic carbocycles. The molecule has 0 saturated carbocycles. The van der Waals surface area contributed by atoms with E-state index < -0.39 is 0 Å². The van der Waals surface area contributed by atoms with Gasteiger partial charge in [-0.15, -0.1) is 0 Å². The maximum atomic E-state index is 12.4. The summed E-state index contributed by atoms with van der Waals surface area (Å²) in [5.41, 5.74) is 2.03. The van der Waals surface area contributed by atoms with Crippen molar-refractivity contribution in [2.75, 3.05) is 27.2 Å². The fraction of sp³-hybridized carbons (Fsp3) is 0.471. The Morgan fingerprint density at radius 3 is 2.71 bits per heavy atom. The summed E-state index contributed by atoms with van der Waals surface area (Å²) < 4.78 is 5.15. The Morgan fingerprint density at radius 2 is 2.10 bits per heavy atom. The number of rotatable bonds is 4. The Kier molecular flexibility index (Phi) is 5.39. The molecule has 1 N–H and O–H groups in total. The van der Waals surface area contributed by atoms with Gasteiger partial charge in [-0.25, -0.2) is 0 Å². The summed E-state index contributed by atoms with van der Waals surface area (Å²) >= 11 is 0. The van der Waals surface area contributed by atoms with Gasteiger partial charge in [0.05, 0.1) is 7.11 Å². The van der Waals surface area contributed by atoms with Crippen LogP contribution in [0.4, 0.5) is 0 Å². The molecule has 0 aromatic heterocycles. The standard InChI is InChI=1S/C17H24N2O2/c1-13(14-6-8-16(21-3)9-7-14)11-17(20)19-10-4-5-15(12-19)18-2/h6-9,11,15,18H,4-5,10,12H2,1-3H3/b13-11+. The summed E-state index contributed by atoms with van der Waals surface area (Å²) in [6.07, 6.45) is 3.94. The molecule has 1 heterocycles. The van der Waals surface area contributed by atoms with Crippen molar-refractivity contribution in [3.05, 3.63) is 35.9 Å². The van der Waals surface area contributed by atoms with E-state index in [1.807, 2.05) is 43.1 Å². The lowest BCUT2D eigenvalue weighted by atomic mass is 10.0. The van der Waals surface area contributed by atoms with E-state index in [0.717, 1.165) is 42.8 Å². The Labute approximate surface area is 126 Å². The van der Waals surface area contributed by atoms with E-state index in [1.54, 1.807) is 13.2 Å². The molecule has 21 heavy (non-hydrogen) atoms. The Morgan fingerprint density at radius 1 is 1.38 bits per heavy atom. The number of carbonyl (C=O) groups excluding carboxylic acids is 1. The van der Waals surface area contributed by atoms with Crippen LogP contribution < -0.4 is 10.1 Å². The number of allylic oxidation sites excluding steroid dienone is 1. The van der Waals surface area contributed by atoms with Crippen molar-refractivity contribution in [3.63, 3.8) is 0 Å². The largest absolute Gasteiger partial charge is 0.497 e. The van der Waals surface area contributed by atoms with Crippen molar-refractivity contribution < 1.29 is 9.53 Å². The summed E-state index contributed by atoms with van der Waals surface area (Å²) in [4.78, 5) is 14.3. The summed E-state index contributed by atoms with van der Waals surface area (Å²) in [5, 5.41) is 3.26. The Bertz CT molecular complexity index is 508. The lowest BCUT2D eigenvalue weighted by Gasteiger charge is -2.32. The van der Waals surface area contributed by atoms with Gasteiger partial charge in [-0.2, -0.15) is 0 Å². The molecule has 0 aliphatic carbocycles. The first-order valence-corrected chi connectivity index (χ1v) is 7.43. The fourth-order valence-corrected chi connectivity index (χ4v) is 2.63. The Balaban J connectivity index is 2.04. The van der Waals surface area contributed by atoms with Crippen LogP contribution in [-0.4, -0.2) is 44.1 Å². The number of piperidine rings is 1. The van der Waals surface area contributed by atoms with Crippen LogP contribution in [-0.2, 0) is 4.79 Å². The number of carbonyl (C=O) groups is 1. The smallest absolute Gasteiger partial charge is 0.246 e. The molecule has 0 bridgehead atoms. The molecule has 4 nitrogen and oxygen atoms in total. The molecular formula is C17H24N2O2. The van der Waals surface area contributed by atoms with Crippen molar-refractivity contribution in [1.82, 2.24) is 10.2 Å². The van der Waals surface area contributed by atoms with E-state index in [4.69, 9.17) is 4.74 Å². The van der Waals surface area contributed by atoms with Gasteiger partial charge >= 0.3 is 0 Å². The number of benzene rings is 1. The average Bonchev–Trinajstić information content (AvgIpc) is 2.54. The number of nitrogens with one attached hydrogen (secondary N) is 1. The van der Waals surface area contributed by atoms with Gasteiger partial charge in [0, 0.05) is 25.2 Å².